The Hall–Kier alpha value is -0.830. The molecule has 1 N–H and O–H groups in total. The predicted octanol–water partition coefficient (Wildman–Crippen LogP) is 1.30. The normalized spacial score (nSPS) is 34.7. The van der Waals surface area contributed by atoms with Crippen molar-refractivity contribution in [3.8, 4) is 0 Å². The summed E-state index contributed by atoms with van der Waals surface area (Å²) in [5, 5.41) is 3.59. The molecule has 0 aromatic heterocycles. The fourth-order valence-corrected chi connectivity index (χ4v) is 2.78. The van der Waals surface area contributed by atoms with Crippen molar-refractivity contribution in [2.45, 2.75) is 50.7 Å². The summed E-state index contributed by atoms with van der Waals surface area (Å²) >= 11 is 0. The molecule has 2 heterocycles. The Labute approximate surface area is 91.5 Å². The van der Waals surface area contributed by atoms with Crippen LogP contribution in [0.2, 0.25) is 0 Å². The third kappa shape index (κ3) is 2.23. The maximum atomic E-state index is 11.7. The van der Waals surface area contributed by atoms with Gasteiger partial charge in [-0.2, -0.15) is 0 Å². The van der Waals surface area contributed by atoms with Gasteiger partial charge in [0.25, 0.3) is 0 Å². The van der Waals surface area contributed by atoms with Gasteiger partial charge in [-0.15, -0.1) is 0 Å². The number of hydrogen-bond donors (Lipinski definition) is 1. The number of carbonyl (C=O) groups excluding carboxylic acids is 1. The number of fused-ring (bicyclic) bond motifs is 2. The van der Waals surface area contributed by atoms with E-state index in [4.69, 9.17) is 0 Å². The average Bonchev–Trinajstić information content (AvgIpc) is 2.57. The zero-order valence-corrected chi connectivity index (χ0v) is 9.57. The summed E-state index contributed by atoms with van der Waals surface area (Å²) in [5.74, 6) is 0.142. The van der Waals surface area contributed by atoms with Crippen LogP contribution in [-0.4, -0.2) is 36.0 Å². The molecule has 0 aromatic carbocycles. The molecule has 1 amide bonds. The molecule has 2 bridgehead atoms. The summed E-state index contributed by atoms with van der Waals surface area (Å²) in [7, 11) is 1.93. The topological polar surface area (TPSA) is 32.3 Å². The molecule has 2 aliphatic rings. The first kappa shape index (κ1) is 10.7. The minimum Gasteiger partial charge on any atom is -0.339 e. The molecule has 15 heavy (non-hydrogen) atoms. The van der Waals surface area contributed by atoms with Crippen molar-refractivity contribution >= 4 is 5.91 Å². The minimum atomic E-state index is 0.142. The molecule has 0 radical (unpaired) electrons. The van der Waals surface area contributed by atoms with Gasteiger partial charge in [-0.3, -0.25) is 4.79 Å². The quantitative estimate of drug-likeness (QED) is 0.694. The highest BCUT2D eigenvalue weighted by Gasteiger charge is 2.35. The Balaban J connectivity index is 1.96. The molecule has 2 rings (SSSR count). The van der Waals surface area contributed by atoms with E-state index in [1.165, 1.54) is 12.8 Å². The summed E-state index contributed by atoms with van der Waals surface area (Å²) in [6.45, 7) is 1.89. The fraction of sp³-hybridized carbons (Fsp3) is 0.750. The summed E-state index contributed by atoms with van der Waals surface area (Å²) in [6, 6.07) is 1.73. The lowest BCUT2D eigenvalue weighted by molar-refractivity contribution is -0.127. The lowest BCUT2D eigenvalue weighted by atomic mass is 9.98. The van der Waals surface area contributed by atoms with E-state index in [1.807, 2.05) is 24.9 Å². The van der Waals surface area contributed by atoms with E-state index in [2.05, 4.69) is 5.32 Å². The molecule has 84 valence electrons. The molecule has 0 spiro atoms. The molecule has 2 saturated heterocycles. The first-order chi connectivity index (χ1) is 7.20. The number of nitrogens with zero attached hydrogens (tertiary/aromatic N) is 1. The van der Waals surface area contributed by atoms with E-state index in [9.17, 15) is 4.79 Å². The minimum absolute atomic E-state index is 0.142. The van der Waals surface area contributed by atoms with E-state index >= 15 is 0 Å². The standard InChI is InChI=1S/C12H20N2O/c1-3-4-12(15)14(2)11-7-9-5-6-10(8-11)13-9/h3-4,9-11,13H,5-8H2,1-2H3. The smallest absolute Gasteiger partial charge is 0.246 e. The van der Waals surface area contributed by atoms with Gasteiger partial charge in [0, 0.05) is 25.2 Å². The Morgan fingerprint density at radius 2 is 1.93 bits per heavy atom. The van der Waals surface area contributed by atoms with Crippen LogP contribution in [0, 0.1) is 0 Å². The van der Waals surface area contributed by atoms with E-state index in [0.717, 1.165) is 12.8 Å². The molecule has 2 fully saturated rings. The Bertz CT molecular complexity index is 263. The van der Waals surface area contributed by atoms with Crippen LogP contribution in [0.25, 0.3) is 0 Å². The zero-order chi connectivity index (χ0) is 10.8. The number of carbonyl (C=O) groups is 1. The Kier molecular flexibility index (Phi) is 3.10. The molecular formula is C12H20N2O. The molecular weight excluding hydrogens is 188 g/mol. The zero-order valence-electron chi connectivity index (χ0n) is 9.57. The molecule has 0 saturated carbocycles. The number of amides is 1. The highest BCUT2D eigenvalue weighted by Crippen LogP contribution is 2.29. The van der Waals surface area contributed by atoms with Crippen molar-refractivity contribution in [1.82, 2.24) is 10.2 Å². The van der Waals surface area contributed by atoms with Crippen molar-refractivity contribution in [3.05, 3.63) is 12.2 Å². The largest absolute Gasteiger partial charge is 0.339 e. The molecule has 2 atom stereocenters. The second-order valence-corrected chi connectivity index (χ2v) is 4.71. The highest BCUT2D eigenvalue weighted by molar-refractivity contribution is 5.87. The van der Waals surface area contributed by atoms with Gasteiger partial charge in [0.2, 0.25) is 5.91 Å². The number of likely N-dealkylation sites (N-methyl/N-ethyl adjacent to an activating group) is 1. The van der Waals surface area contributed by atoms with Crippen LogP contribution in [0.1, 0.15) is 32.6 Å². The van der Waals surface area contributed by atoms with E-state index in [-0.39, 0.29) is 5.91 Å². The van der Waals surface area contributed by atoms with Gasteiger partial charge >= 0.3 is 0 Å². The number of allylic oxidation sites excluding steroid dienone is 1. The summed E-state index contributed by atoms with van der Waals surface area (Å²) < 4.78 is 0. The lowest BCUT2D eigenvalue weighted by Crippen LogP contribution is -2.48. The van der Waals surface area contributed by atoms with Gasteiger partial charge in [-0.05, 0) is 38.7 Å². The number of rotatable bonds is 2. The van der Waals surface area contributed by atoms with Crippen molar-refractivity contribution in [1.29, 1.82) is 0 Å². The molecule has 3 nitrogen and oxygen atoms in total. The summed E-state index contributed by atoms with van der Waals surface area (Å²) in [4.78, 5) is 13.6. The van der Waals surface area contributed by atoms with Crippen LogP contribution in [0.5, 0.6) is 0 Å². The summed E-state index contributed by atoms with van der Waals surface area (Å²) in [5.41, 5.74) is 0. The summed E-state index contributed by atoms with van der Waals surface area (Å²) in [6.07, 6.45) is 8.28. The third-order valence-electron chi connectivity index (χ3n) is 3.65. The van der Waals surface area contributed by atoms with Gasteiger partial charge in [-0.25, -0.2) is 0 Å². The maximum Gasteiger partial charge on any atom is 0.246 e. The second-order valence-electron chi connectivity index (χ2n) is 4.71. The van der Waals surface area contributed by atoms with Crippen LogP contribution in [0.4, 0.5) is 0 Å². The molecule has 2 aliphatic heterocycles. The van der Waals surface area contributed by atoms with Crippen molar-refractivity contribution < 1.29 is 4.79 Å². The Morgan fingerprint density at radius 3 is 2.47 bits per heavy atom. The highest BCUT2D eigenvalue weighted by atomic mass is 16.2. The number of hydrogen-bond acceptors (Lipinski definition) is 2. The van der Waals surface area contributed by atoms with Crippen LogP contribution in [0.15, 0.2) is 12.2 Å². The molecule has 0 aromatic rings. The van der Waals surface area contributed by atoms with E-state index in [0.29, 0.717) is 18.1 Å². The van der Waals surface area contributed by atoms with Crippen molar-refractivity contribution in [2.24, 2.45) is 0 Å². The molecule has 2 unspecified atom stereocenters. The van der Waals surface area contributed by atoms with Crippen LogP contribution < -0.4 is 5.32 Å². The third-order valence-corrected chi connectivity index (χ3v) is 3.65. The van der Waals surface area contributed by atoms with Crippen LogP contribution in [0.3, 0.4) is 0 Å². The van der Waals surface area contributed by atoms with E-state index in [1.54, 1.807) is 6.08 Å². The SMILES string of the molecule is CC=CC(=O)N(C)C1CC2CCC(C1)N2. The second kappa shape index (κ2) is 4.35. The van der Waals surface area contributed by atoms with Gasteiger partial charge < -0.3 is 10.2 Å². The van der Waals surface area contributed by atoms with Crippen LogP contribution in [-0.2, 0) is 4.79 Å². The number of nitrogens with one attached hydrogen (secondary N) is 1. The van der Waals surface area contributed by atoms with Gasteiger partial charge in [0.05, 0.1) is 0 Å². The number of piperidine rings is 1. The van der Waals surface area contributed by atoms with Gasteiger partial charge in [0.15, 0.2) is 0 Å². The monoisotopic (exact) mass is 208 g/mol. The maximum absolute atomic E-state index is 11.7. The van der Waals surface area contributed by atoms with Gasteiger partial charge in [0.1, 0.15) is 0 Å². The van der Waals surface area contributed by atoms with Crippen molar-refractivity contribution in [3.63, 3.8) is 0 Å². The lowest BCUT2D eigenvalue weighted by Gasteiger charge is -2.35. The van der Waals surface area contributed by atoms with Crippen molar-refractivity contribution in [2.75, 3.05) is 7.05 Å². The van der Waals surface area contributed by atoms with E-state index < -0.39 is 0 Å². The predicted molar refractivity (Wildman–Crippen MR) is 60.6 cm³/mol. The fourth-order valence-electron chi connectivity index (χ4n) is 2.78. The first-order valence-electron chi connectivity index (χ1n) is 5.86. The Morgan fingerprint density at radius 1 is 1.33 bits per heavy atom. The van der Waals surface area contributed by atoms with Crippen LogP contribution >= 0.6 is 0 Å². The molecule has 0 aliphatic carbocycles. The average molecular weight is 208 g/mol. The van der Waals surface area contributed by atoms with Gasteiger partial charge in [-0.1, -0.05) is 6.08 Å². The first-order valence-corrected chi connectivity index (χ1v) is 5.86. The molecule has 3 heteroatoms.